The molecule has 2 N–H and O–H groups in total. The largest absolute Gasteiger partial charge is 0.277 e. The highest BCUT2D eigenvalue weighted by atomic mass is 32.2. The first-order chi connectivity index (χ1) is 8.22. The molecule has 0 bridgehead atoms. The minimum atomic E-state index is -4.20. The van der Waals surface area contributed by atoms with Crippen LogP contribution in [-0.2, 0) is 14.8 Å². The smallest absolute Gasteiger partial charge is 0.257 e. The predicted octanol–water partition coefficient (Wildman–Crippen LogP) is 0.930. The lowest BCUT2D eigenvalue weighted by molar-refractivity contribution is -0.124. The Morgan fingerprint density at radius 1 is 1.17 bits per heavy atom. The maximum atomic E-state index is 12.9. The Morgan fingerprint density at radius 2 is 1.67 bits per heavy atom. The van der Waals surface area contributed by atoms with Crippen molar-refractivity contribution in [2.45, 2.75) is 18.7 Å². The van der Waals surface area contributed by atoms with Crippen molar-refractivity contribution in [3.05, 3.63) is 29.8 Å². The summed E-state index contributed by atoms with van der Waals surface area (Å²) < 4.78 is 48.9. The van der Waals surface area contributed by atoms with Crippen molar-refractivity contribution in [1.82, 2.24) is 10.3 Å². The maximum absolute atomic E-state index is 12.9. The molecule has 0 saturated carbocycles. The van der Waals surface area contributed by atoms with E-state index in [0.29, 0.717) is 18.2 Å². The number of hydrogen-bond donors (Lipinski definition) is 2. The number of halogens is 2. The molecule has 100 valence electrons. The van der Waals surface area contributed by atoms with Gasteiger partial charge in [0.15, 0.2) is 0 Å². The van der Waals surface area contributed by atoms with E-state index < -0.39 is 38.4 Å². The van der Waals surface area contributed by atoms with E-state index in [2.05, 4.69) is 0 Å². The molecule has 0 unspecified atom stereocenters. The number of sulfonamides is 1. The van der Waals surface area contributed by atoms with Gasteiger partial charge < -0.3 is 0 Å². The number of carbonyl (C=O) groups excluding carboxylic acids is 1. The summed E-state index contributed by atoms with van der Waals surface area (Å²) in [7, 11) is -4.20. The molecule has 8 heteroatoms. The summed E-state index contributed by atoms with van der Waals surface area (Å²) in [6.07, 6.45) is 0. The van der Waals surface area contributed by atoms with Crippen LogP contribution in [0.4, 0.5) is 8.78 Å². The fourth-order valence-electron chi connectivity index (χ4n) is 1.00. The van der Waals surface area contributed by atoms with E-state index in [1.54, 1.807) is 18.7 Å². The van der Waals surface area contributed by atoms with Gasteiger partial charge in [-0.3, -0.25) is 10.2 Å². The van der Waals surface area contributed by atoms with Crippen molar-refractivity contribution in [3.8, 4) is 0 Å². The summed E-state index contributed by atoms with van der Waals surface area (Å²) >= 11 is 0. The average Bonchev–Trinajstić information content (AvgIpc) is 2.24. The second-order valence-electron chi connectivity index (χ2n) is 3.85. The van der Waals surface area contributed by atoms with E-state index in [4.69, 9.17) is 0 Å². The molecule has 0 heterocycles. The SMILES string of the molecule is CC(C)C(=O)NNS(=O)(=O)c1cc(F)cc(F)c1. The minimum absolute atomic E-state index is 0.433. The summed E-state index contributed by atoms with van der Waals surface area (Å²) in [6, 6.07) is 1.84. The quantitative estimate of drug-likeness (QED) is 0.805. The molecule has 0 aliphatic rings. The zero-order chi connectivity index (χ0) is 13.9. The fourth-order valence-corrected chi connectivity index (χ4v) is 1.89. The Morgan fingerprint density at radius 3 is 2.11 bits per heavy atom. The summed E-state index contributed by atoms with van der Waals surface area (Å²) in [5, 5.41) is 0. The first-order valence-corrected chi connectivity index (χ1v) is 6.48. The van der Waals surface area contributed by atoms with Crippen LogP contribution in [0.5, 0.6) is 0 Å². The van der Waals surface area contributed by atoms with Gasteiger partial charge in [0.05, 0.1) is 4.90 Å². The molecular weight excluding hydrogens is 266 g/mol. The Hall–Kier alpha value is -1.54. The van der Waals surface area contributed by atoms with Gasteiger partial charge in [-0.2, -0.15) is 0 Å². The number of benzene rings is 1. The Balaban J connectivity index is 2.90. The molecule has 18 heavy (non-hydrogen) atoms. The minimum Gasteiger partial charge on any atom is -0.277 e. The number of nitrogens with one attached hydrogen (secondary N) is 2. The number of hydrogen-bond acceptors (Lipinski definition) is 3. The third-order valence-corrected chi connectivity index (χ3v) is 3.21. The standard InChI is InChI=1S/C10H12F2N2O3S/c1-6(2)10(15)13-14-18(16,17)9-4-7(11)3-8(12)5-9/h3-6,14H,1-2H3,(H,13,15). The zero-order valence-electron chi connectivity index (χ0n) is 9.70. The van der Waals surface area contributed by atoms with E-state index >= 15 is 0 Å². The van der Waals surface area contributed by atoms with Crippen molar-refractivity contribution < 1.29 is 22.0 Å². The highest BCUT2D eigenvalue weighted by Gasteiger charge is 2.18. The Bertz CT molecular complexity index is 538. The molecule has 5 nitrogen and oxygen atoms in total. The van der Waals surface area contributed by atoms with Gasteiger partial charge in [0.1, 0.15) is 11.6 Å². The van der Waals surface area contributed by atoms with Gasteiger partial charge in [0.2, 0.25) is 5.91 Å². The van der Waals surface area contributed by atoms with Gasteiger partial charge in [-0.1, -0.05) is 13.8 Å². The summed E-state index contributed by atoms with van der Waals surface area (Å²) in [6.45, 7) is 3.12. The normalized spacial score (nSPS) is 11.6. The van der Waals surface area contributed by atoms with Crippen LogP contribution in [0.15, 0.2) is 23.1 Å². The summed E-state index contributed by atoms with van der Waals surface area (Å²) in [4.78, 5) is 12.3. The molecule has 1 amide bonds. The molecule has 0 atom stereocenters. The van der Waals surface area contributed by atoms with Crippen LogP contribution in [0.1, 0.15) is 13.8 Å². The molecule has 0 radical (unpaired) electrons. The van der Waals surface area contributed by atoms with Gasteiger partial charge in [-0.05, 0) is 12.1 Å². The molecule has 1 aromatic rings. The monoisotopic (exact) mass is 278 g/mol. The van der Waals surface area contributed by atoms with Crippen molar-refractivity contribution in [1.29, 1.82) is 0 Å². The maximum Gasteiger partial charge on any atom is 0.257 e. The highest BCUT2D eigenvalue weighted by molar-refractivity contribution is 7.89. The summed E-state index contributed by atoms with van der Waals surface area (Å²) in [5.41, 5.74) is 1.94. The van der Waals surface area contributed by atoms with E-state index in [1.807, 2.05) is 5.43 Å². The lowest BCUT2D eigenvalue weighted by atomic mass is 10.2. The summed E-state index contributed by atoms with van der Waals surface area (Å²) in [5.74, 6) is -3.04. The predicted molar refractivity (Wildman–Crippen MR) is 59.7 cm³/mol. The van der Waals surface area contributed by atoms with E-state index in [0.717, 1.165) is 0 Å². The molecule has 0 aliphatic heterocycles. The van der Waals surface area contributed by atoms with Gasteiger partial charge in [-0.15, -0.1) is 4.83 Å². The average molecular weight is 278 g/mol. The molecule has 0 spiro atoms. The van der Waals surface area contributed by atoms with Gasteiger partial charge in [0.25, 0.3) is 10.0 Å². The van der Waals surface area contributed by atoms with E-state index in [-0.39, 0.29) is 0 Å². The number of amides is 1. The molecule has 0 aromatic heterocycles. The van der Waals surface area contributed by atoms with Crippen LogP contribution in [0, 0.1) is 17.6 Å². The third kappa shape index (κ3) is 3.74. The van der Waals surface area contributed by atoms with Crippen LogP contribution in [0.2, 0.25) is 0 Å². The van der Waals surface area contributed by atoms with Gasteiger partial charge in [0, 0.05) is 12.0 Å². The van der Waals surface area contributed by atoms with Crippen molar-refractivity contribution in [2.75, 3.05) is 0 Å². The fraction of sp³-hybridized carbons (Fsp3) is 0.300. The molecule has 1 rings (SSSR count). The molecule has 0 aliphatic carbocycles. The lowest BCUT2D eigenvalue weighted by Crippen LogP contribution is -2.43. The van der Waals surface area contributed by atoms with E-state index in [1.165, 1.54) is 0 Å². The Labute approximate surface area is 103 Å². The third-order valence-electron chi connectivity index (χ3n) is 1.98. The number of hydrazine groups is 1. The van der Waals surface area contributed by atoms with Gasteiger partial charge >= 0.3 is 0 Å². The highest BCUT2D eigenvalue weighted by Crippen LogP contribution is 2.12. The molecular formula is C10H12F2N2O3S. The topological polar surface area (TPSA) is 75.3 Å². The second-order valence-corrected chi connectivity index (χ2v) is 5.54. The second kappa shape index (κ2) is 5.40. The first kappa shape index (κ1) is 14.5. The molecule has 0 fully saturated rings. The van der Waals surface area contributed by atoms with Crippen LogP contribution < -0.4 is 10.3 Å². The lowest BCUT2D eigenvalue weighted by Gasteiger charge is -2.10. The molecule has 0 saturated heterocycles. The number of rotatable bonds is 4. The van der Waals surface area contributed by atoms with Crippen LogP contribution >= 0.6 is 0 Å². The van der Waals surface area contributed by atoms with Gasteiger partial charge in [-0.25, -0.2) is 17.2 Å². The first-order valence-electron chi connectivity index (χ1n) is 5.00. The number of carbonyl (C=O) groups is 1. The van der Waals surface area contributed by atoms with Crippen LogP contribution in [0.3, 0.4) is 0 Å². The Kier molecular flexibility index (Phi) is 4.36. The van der Waals surface area contributed by atoms with Crippen LogP contribution in [-0.4, -0.2) is 14.3 Å². The van der Waals surface area contributed by atoms with E-state index in [9.17, 15) is 22.0 Å². The van der Waals surface area contributed by atoms with Crippen molar-refractivity contribution in [2.24, 2.45) is 5.92 Å². The molecule has 1 aromatic carbocycles. The zero-order valence-corrected chi connectivity index (χ0v) is 10.5. The van der Waals surface area contributed by atoms with Crippen molar-refractivity contribution >= 4 is 15.9 Å². The van der Waals surface area contributed by atoms with Crippen LogP contribution in [0.25, 0.3) is 0 Å². The van der Waals surface area contributed by atoms with Crippen molar-refractivity contribution in [3.63, 3.8) is 0 Å².